The Balaban J connectivity index is 1.16. The fourth-order valence-corrected chi connectivity index (χ4v) is 8.15. The van der Waals surface area contributed by atoms with E-state index in [1.165, 1.54) is 54.1 Å². The first-order valence-corrected chi connectivity index (χ1v) is 18.1. The lowest BCUT2D eigenvalue weighted by atomic mass is 9.99. The number of rotatable bonds is 4. The van der Waals surface area contributed by atoms with Crippen molar-refractivity contribution in [3.8, 4) is 39.6 Å². The van der Waals surface area contributed by atoms with E-state index in [9.17, 15) is 0 Å². The number of nitrogens with zero attached hydrogens (tertiary/aromatic N) is 3. The maximum absolute atomic E-state index is 5.33. The average Bonchev–Trinajstić information content (AvgIpc) is 3.54. The number of hydrogen-bond donors (Lipinski definition) is 0. The second-order valence-corrected chi connectivity index (χ2v) is 13.8. The number of benzene rings is 9. The molecule has 0 aliphatic carbocycles. The van der Waals surface area contributed by atoms with Crippen LogP contribution in [0.25, 0.3) is 104 Å². The Kier molecular flexibility index (Phi) is 6.55. The zero-order valence-corrected chi connectivity index (χ0v) is 28.7. The smallest absolute Gasteiger partial charge is 0.161 e. The van der Waals surface area contributed by atoms with Crippen molar-refractivity contribution in [2.45, 2.75) is 0 Å². The fraction of sp³-hybridized carbons (Fsp3) is 0. The van der Waals surface area contributed by atoms with Crippen molar-refractivity contribution in [2.24, 2.45) is 0 Å². The van der Waals surface area contributed by atoms with Gasteiger partial charge in [0.1, 0.15) is 0 Å². The molecule has 0 aliphatic heterocycles. The molecule has 2 aromatic heterocycles. The third kappa shape index (κ3) is 4.82. The predicted octanol–water partition coefficient (Wildman–Crippen LogP) is 13.2. The fourth-order valence-electron chi connectivity index (χ4n) is 8.15. The van der Waals surface area contributed by atoms with E-state index in [2.05, 4.69) is 193 Å². The molecule has 0 unspecified atom stereocenters. The predicted molar refractivity (Wildman–Crippen MR) is 223 cm³/mol. The molecule has 246 valence electrons. The molecule has 0 spiro atoms. The molecule has 0 atom stereocenters. The van der Waals surface area contributed by atoms with E-state index in [4.69, 9.17) is 9.97 Å². The van der Waals surface area contributed by atoms with Crippen molar-refractivity contribution in [2.75, 3.05) is 0 Å². The minimum absolute atomic E-state index is 0.704. The highest BCUT2D eigenvalue weighted by Gasteiger charge is 2.19. The Bertz CT molecular complexity index is 3150. The summed E-state index contributed by atoms with van der Waals surface area (Å²) in [6, 6.07) is 67.5. The Morgan fingerprint density at radius 1 is 0.321 bits per heavy atom. The first-order valence-electron chi connectivity index (χ1n) is 18.1. The summed E-state index contributed by atoms with van der Waals surface area (Å²) in [6.07, 6.45) is 0. The van der Waals surface area contributed by atoms with Crippen molar-refractivity contribution >= 4 is 64.9 Å². The van der Waals surface area contributed by atoms with Crippen LogP contribution in [0.15, 0.2) is 188 Å². The van der Waals surface area contributed by atoms with Gasteiger partial charge in [0.2, 0.25) is 0 Å². The topological polar surface area (TPSA) is 30.7 Å². The summed E-state index contributed by atoms with van der Waals surface area (Å²) < 4.78 is 2.43. The van der Waals surface area contributed by atoms with Crippen LogP contribution in [0.2, 0.25) is 0 Å². The molecule has 0 amide bonds. The normalized spacial score (nSPS) is 11.8. The van der Waals surface area contributed by atoms with Crippen LogP contribution in [0.4, 0.5) is 0 Å². The number of para-hydroxylation sites is 1. The molecule has 0 aliphatic rings. The number of aromatic nitrogens is 3. The van der Waals surface area contributed by atoms with Crippen LogP contribution in [0.1, 0.15) is 0 Å². The molecule has 0 radical (unpaired) electrons. The monoisotopic (exact) mass is 673 g/mol. The lowest BCUT2D eigenvalue weighted by Gasteiger charge is -2.16. The standard InChI is InChI=1S/C50H31N3/c1-3-13-34-27-38(23-21-32(34)11-1)45-31-46(39-24-22-33-12-2-4-14-35(33)28-39)52-50(51-45)43-25-26-48(41-18-8-7-17-40(41)43)53-47-20-10-9-19-42(47)44-29-36-15-5-6-16-37(36)30-49(44)53/h1-31H. The molecule has 3 nitrogen and oxygen atoms in total. The Morgan fingerprint density at radius 3 is 1.47 bits per heavy atom. The summed E-state index contributed by atoms with van der Waals surface area (Å²) in [6.45, 7) is 0. The highest BCUT2D eigenvalue weighted by atomic mass is 15.0. The summed E-state index contributed by atoms with van der Waals surface area (Å²) >= 11 is 0. The molecule has 53 heavy (non-hydrogen) atoms. The molecule has 9 aromatic carbocycles. The zero-order valence-electron chi connectivity index (χ0n) is 28.7. The molecule has 0 saturated carbocycles. The minimum Gasteiger partial charge on any atom is -0.309 e. The molecular weight excluding hydrogens is 643 g/mol. The average molecular weight is 674 g/mol. The van der Waals surface area contributed by atoms with Gasteiger partial charge in [-0.05, 0) is 86.2 Å². The molecule has 11 rings (SSSR count). The van der Waals surface area contributed by atoms with E-state index >= 15 is 0 Å². The van der Waals surface area contributed by atoms with E-state index in [0.717, 1.165) is 44.5 Å². The van der Waals surface area contributed by atoms with E-state index in [1.54, 1.807) is 0 Å². The van der Waals surface area contributed by atoms with Gasteiger partial charge in [-0.15, -0.1) is 0 Å². The first kappa shape index (κ1) is 29.6. The lowest BCUT2D eigenvalue weighted by Crippen LogP contribution is -1.99. The highest BCUT2D eigenvalue weighted by molar-refractivity contribution is 6.15. The van der Waals surface area contributed by atoms with Crippen LogP contribution in [-0.4, -0.2) is 14.5 Å². The number of hydrogen-bond acceptors (Lipinski definition) is 2. The summed E-state index contributed by atoms with van der Waals surface area (Å²) in [7, 11) is 0. The Labute approximate surface area is 306 Å². The second-order valence-electron chi connectivity index (χ2n) is 13.8. The third-order valence-electron chi connectivity index (χ3n) is 10.7. The third-order valence-corrected chi connectivity index (χ3v) is 10.7. The van der Waals surface area contributed by atoms with Crippen LogP contribution in [0, 0.1) is 0 Å². The first-order chi connectivity index (χ1) is 26.2. The largest absolute Gasteiger partial charge is 0.309 e. The van der Waals surface area contributed by atoms with Crippen molar-refractivity contribution in [1.82, 2.24) is 14.5 Å². The van der Waals surface area contributed by atoms with Gasteiger partial charge < -0.3 is 4.57 Å². The van der Waals surface area contributed by atoms with E-state index in [0.29, 0.717) is 5.82 Å². The van der Waals surface area contributed by atoms with Crippen LogP contribution >= 0.6 is 0 Å². The van der Waals surface area contributed by atoms with E-state index < -0.39 is 0 Å². The number of fused-ring (bicyclic) bond motifs is 7. The zero-order chi connectivity index (χ0) is 34.9. The van der Waals surface area contributed by atoms with Crippen molar-refractivity contribution in [3.63, 3.8) is 0 Å². The van der Waals surface area contributed by atoms with E-state index in [-0.39, 0.29) is 0 Å². The quantitative estimate of drug-likeness (QED) is 0.186. The summed E-state index contributed by atoms with van der Waals surface area (Å²) in [5.41, 5.74) is 8.42. The van der Waals surface area contributed by atoms with Crippen LogP contribution in [-0.2, 0) is 0 Å². The minimum atomic E-state index is 0.704. The van der Waals surface area contributed by atoms with Crippen molar-refractivity contribution in [3.05, 3.63) is 188 Å². The molecule has 0 N–H and O–H groups in total. The second kappa shape index (κ2) is 11.7. The van der Waals surface area contributed by atoms with Crippen molar-refractivity contribution in [1.29, 1.82) is 0 Å². The van der Waals surface area contributed by atoms with Gasteiger partial charge in [-0.1, -0.05) is 140 Å². The van der Waals surface area contributed by atoms with Crippen LogP contribution in [0.5, 0.6) is 0 Å². The van der Waals surface area contributed by atoms with Gasteiger partial charge in [0.15, 0.2) is 5.82 Å². The molecule has 2 heterocycles. The van der Waals surface area contributed by atoms with Crippen LogP contribution in [0.3, 0.4) is 0 Å². The van der Waals surface area contributed by atoms with Crippen LogP contribution < -0.4 is 0 Å². The summed E-state index contributed by atoms with van der Waals surface area (Å²) in [4.78, 5) is 10.7. The van der Waals surface area contributed by atoms with Gasteiger partial charge in [-0.2, -0.15) is 0 Å². The summed E-state index contributed by atoms with van der Waals surface area (Å²) in [5.74, 6) is 0.704. The lowest BCUT2D eigenvalue weighted by molar-refractivity contribution is 1.18. The van der Waals surface area contributed by atoms with E-state index in [1.807, 2.05) is 0 Å². The molecule has 11 aromatic rings. The van der Waals surface area contributed by atoms with Gasteiger partial charge in [0.05, 0.1) is 28.1 Å². The molecule has 0 saturated heterocycles. The van der Waals surface area contributed by atoms with Gasteiger partial charge in [0, 0.05) is 32.8 Å². The molecule has 0 fully saturated rings. The molecular formula is C50H31N3. The van der Waals surface area contributed by atoms with Crippen molar-refractivity contribution < 1.29 is 0 Å². The SMILES string of the molecule is c1ccc2cc(-c3cc(-c4ccc5ccccc5c4)nc(-c4ccc(-n5c6ccccc6c6cc7ccccc7cc65)c5ccccc45)n3)ccc2c1. The Hall–Kier alpha value is -7.10. The molecule has 3 heteroatoms. The highest BCUT2D eigenvalue weighted by Crippen LogP contribution is 2.40. The summed E-state index contributed by atoms with van der Waals surface area (Å²) in [5, 5.41) is 12.0. The Morgan fingerprint density at radius 2 is 0.830 bits per heavy atom. The van der Waals surface area contributed by atoms with Gasteiger partial charge in [0.25, 0.3) is 0 Å². The maximum Gasteiger partial charge on any atom is 0.161 e. The maximum atomic E-state index is 5.33. The van der Waals surface area contributed by atoms with Gasteiger partial charge in [-0.3, -0.25) is 0 Å². The van der Waals surface area contributed by atoms with Gasteiger partial charge >= 0.3 is 0 Å². The molecule has 0 bridgehead atoms. The van der Waals surface area contributed by atoms with Gasteiger partial charge in [-0.25, -0.2) is 9.97 Å².